The molecule has 8 nitrogen and oxygen atoms in total. The van der Waals surface area contributed by atoms with Gasteiger partial charge in [-0.1, -0.05) is 18.2 Å². The fourth-order valence-electron chi connectivity index (χ4n) is 4.12. The molecule has 1 heterocycles. The molecule has 2 aromatic carbocycles. The van der Waals surface area contributed by atoms with Crippen LogP contribution in [-0.2, 0) is 32.4 Å². The number of nitrogens with one attached hydrogen (secondary N) is 1. The normalized spacial score (nSPS) is 12.6. The van der Waals surface area contributed by atoms with Crippen molar-refractivity contribution in [3.8, 4) is 5.75 Å². The third-order valence-electron chi connectivity index (χ3n) is 5.71. The van der Waals surface area contributed by atoms with Gasteiger partial charge in [0.15, 0.2) is 0 Å². The van der Waals surface area contributed by atoms with Crippen molar-refractivity contribution in [3.05, 3.63) is 70.6 Å². The van der Waals surface area contributed by atoms with Gasteiger partial charge in [-0.25, -0.2) is 13.2 Å². The molecule has 0 spiro atoms. The standard InChI is InChI=1S/C26H28N2O6S2/c1-3-33-19-13-15-20(16-14-19)36(31,32)28(18-9-6-5-7-10-18)17-23(29)27-25-24(26(30)34-4-2)21-11-8-12-22(21)35-25/h5-7,9-10,13-16H,3-4,8,11-12,17H2,1-2H3,(H,27,29). The summed E-state index contributed by atoms with van der Waals surface area (Å²) in [5.41, 5.74) is 1.64. The van der Waals surface area contributed by atoms with Crippen LogP contribution in [-0.4, -0.2) is 40.1 Å². The molecule has 36 heavy (non-hydrogen) atoms. The van der Waals surface area contributed by atoms with Gasteiger partial charge in [0.05, 0.1) is 29.4 Å². The van der Waals surface area contributed by atoms with E-state index in [-0.39, 0.29) is 11.5 Å². The molecular formula is C26H28N2O6S2. The van der Waals surface area contributed by atoms with Gasteiger partial charge in [0.1, 0.15) is 17.3 Å². The number of hydrogen-bond acceptors (Lipinski definition) is 7. The molecule has 0 bridgehead atoms. The molecule has 1 amide bonds. The molecule has 1 aliphatic carbocycles. The number of esters is 1. The number of sulfonamides is 1. The second-order valence-corrected chi connectivity index (χ2v) is 11.0. The molecule has 0 unspecified atom stereocenters. The average molecular weight is 529 g/mol. The lowest BCUT2D eigenvalue weighted by Gasteiger charge is -2.24. The van der Waals surface area contributed by atoms with Gasteiger partial charge in [-0.05, 0) is 75.1 Å². The van der Waals surface area contributed by atoms with Crippen LogP contribution < -0.4 is 14.4 Å². The summed E-state index contributed by atoms with van der Waals surface area (Å²) in [6.45, 7) is 3.79. The summed E-state index contributed by atoms with van der Waals surface area (Å²) in [5, 5.41) is 3.18. The zero-order chi connectivity index (χ0) is 25.7. The molecule has 1 N–H and O–H groups in total. The van der Waals surface area contributed by atoms with Crippen LogP contribution in [0, 0.1) is 0 Å². The lowest BCUT2D eigenvalue weighted by atomic mass is 10.1. The fourth-order valence-corrected chi connectivity index (χ4v) is 6.83. The molecule has 0 radical (unpaired) electrons. The molecule has 1 aromatic heterocycles. The van der Waals surface area contributed by atoms with Crippen molar-refractivity contribution in [2.45, 2.75) is 38.0 Å². The first kappa shape index (κ1) is 25.7. The lowest BCUT2D eigenvalue weighted by molar-refractivity contribution is -0.114. The van der Waals surface area contributed by atoms with E-state index in [1.807, 2.05) is 6.92 Å². The molecule has 1 aliphatic rings. The molecule has 3 aromatic rings. The predicted molar refractivity (Wildman–Crippen MR) is 140 cm³/mol. The highest BCUT2D eigenvalue weighted by molar-refractivity contribution is 7.92. The maximum Gasteiger partial charge on any atom is 0.341 e. The highest BCUT2D eigenvalue weighted by Crippen LogP contribution is 2.39. The molecule has 0 saturated heterocycles. The number of carbonyl (C=O) groups excluding carboxylic acids is 2. The smallest absolute Gasteiger partial charge is 0.341 e. The number of rotatable bonds is 10. The maximum atomic E-state index is 13.6. The van der Waals surface area contributed by atoms with E-state index < -0.39 is 28.4 Å². The van der Waals surface area contributed by atoms with Crippen molar-refractivity contribution < 1.29 is 27.5 Å². The van der Waals surface area contributed by atoms with Crippen LogP contribution in [0.2, 0.25) is 0 Å². The molecule has 4 rings (SSSR count). The van der Waals surface area contributed by atoms with E-state index in [0.717, 1.165) is 34.0 Å². The van der Waals surface area contributed by atoms with Crippen LogP contribution in [0.5, 0.6) is 5.75 Å². The van der Waals surface area contributed by atoms with E-state index >= 15 is 0 Å². The second kappa shape index (κ2) is 11.1. The van der Waals surface area contributed by atoms with E-state index in [4.69, 9.17) is 9.47 Å². The zero-order valence-corrected chi connectivity index (χ0v) is 21.8. The number of anilines is 2. The first-order valence-electron chi connectivity index (χ1n) is 11.8. The summed E-state index contributed by atoms with van der Waals surface area (Å²) in [6.07, 6.45) is 2.53. The van der Waals surface area contributed by atoms with Gasteiger partial charge in [-0.2, -0.15) is 0 Å². The van der Waals surface area contributed by atoms with Gasteiger partial charge in [0.2, 0.25) is 5.91 Å². The number of ether oxygens (including phenoxy) is 2. The minimum absolute atomic E-state index is 0.0323. The number of aryl methyl sites for hydroxylation is 1. The molecule has 0 saturated carbocycles. The third kappa shape index (κ3) is 5.39. The Morgan fingerprint density at radius 1 is 1.00 bits per heavy atom. The summed E-state index contributed by atoms with van der Waals surface area (Å²) >= 11 is 1.35. The predicted octanol–water partition coefficient (Wildman–Crippen LogP) is 4.65. The Morgan fingerprint density at radius 3 is 2.39 bits per heavy atom. The molecular weight excluding hydrogens is 500 g/mol. The van der Waals surface area contributed by atoms with Gasteiger partial charge >= 0.3 is 5.97 Å². The topological polar surface area (TPSA) is 102 Å². The number of amides is 1. The van der Waals surface area contributed by atoms with Crippen LogP contribution in [0.4, 0.5) is 10.7 Å². The molecule has 190 valence electrons. The number of carbonyl (C=O) groups is 2. The molecule has 0 fully saturated rings. The van der Waals surface area contributed by atoms with E-state index in [1.54, 1.807) is 49.4 Å². The summed E-state index contributed by atoms with van der Waals surface area (Å²) in [5.74, 6) is -0.481. The highest BCUT2D eigenvalue weighted by Gasteiger charge is 2.31. The Hall–Kier alpha value is -3.37. The lowest BCUT2D eigenvalue weighted by Crippen LogP contribution is -2.38. The van der Waals surface area contributed by atoms with Crippen LogP contribution in [0.25, 0.3) is 0 Å². The van der Waals surface area contributed by atoms with Crippen molar-refractivity contribution in [1.82, 2.24) is 0 Å². The van der Waals surface area contributed by atoms with Gasteiger partial charge in [0, 0.05) is 4.88 Å². The van der Waals surface area contributed by atoms with Crippen molar-refractivity contribution >= 4 is 43.9 Å². The molecule has 0 atom stereocenters. The van der Waals surface area contributed by atoms with E-state index in [9.17, 15) is 18.0 Å². The van der Waals surface area contributed by atoms with E-state index in [2.05, 4.69) is 5.32 Å². The van der Waals surface area contributed by atoms with Crippen molar-refractivity contribution in [3.63, 3.8) is 0 Å². The summed E-state index contributed by atoms with van der Waals surface area (Å²) in [6, 6.07) is 14.5. The summed E-state index contributed by atoms with van der Waals surface area (Å²) in [4.78, 5) is 26.9. The SMILES string of the molecule is CCOC(=O)c1c(NC(=O)CN(c2ccccc2)S(=O)(=O)c2ccc(OCC)cc2)sc2c1CCC2. The number of hydrogen-bond donors (Lipinski definition) is 1. The highest BCUT2D eigenvalue weighted by atomic mass is 32.2. The molecule has 10 heteroatoms. The first-order chi connectivity index (χ1) is 17.3. The first-order valence-corrected chi connectivity index (χ1v) is 14.0. The summed E-state index contributed by atoms with van der Waals surface area (Å²) < 4.78 is 38.9. The quantitative estimate of drug-likeness (QED) is 0.385. The Balaban J connectivity index is 1.62. The Bertz CT molecular complexity index is 1330. The van der Waals surface area contributed by atoms with Crippen molar-refractivity contribution in [1.29, 1.82) is 0 Å². The Labute approximate surface area is 214 Å². The number of fused-ring (bicyclic) bond motifs is 1. The van der Waals surface area contributed by atoms with E-state index in [0.29, 0.717) is 28.6 Å². The number of nitrogens with zero attached hydrogens (tertiary/aromatic N) is 1. The second-order valence-electron chi connectivity index (χ2n) is 8.08. The van der Waals surface area contributed by atoms with Crippen LogP contribution >= 0.6 is 11.3 Å². The Morgan fingerprint density at radius 2 is 1.72 bits per heavy atom. The van der Waals surface area contributed by atoms with Gasteiger partial charge in [-0.15, -0.1) is 11.3 Å². The average Bonchev–Trinajstić information content (AvgIpc) is 3.44. The minimum Gasteiger partial charge on any atom is -0.494 e. The monoisotopic (exact) mass is 528 g/mol. The molecule has 0 aliphatic heterocycles. The fraction of sp³-hybridized carbons (Fsp3) is 0.308. The largest absolute Gasteiger partial charge is 0.494 e. The minimum atomic E-state index is -4.08. The van der Waals surface area contributed by atoms with Crippen molar-refractivity contribution in [2.75, 3.05) is 29.4 Å². The third-order valence-corrected chi connectivity index (χ3v) is 8.70. The van der Waals surface area contributed by atoms with Gasteiger partial charge in [0.25, 0.3) is 10.0 Å². The van der Waals surface area contributed by atoms with Crippen molar-refractivity contribution in [2.24, 2.45) is 0 Å². The number of para-hydroxylation sites is 1. The van der Waals surface area contributed by atoms with Crippen LogP contribution in [0.1, 0.15) is 41.1 Å². The number of benzene rings is 2. The van der Waals surface area contributed by atoms with Crippen LogP contribution in [0.15, 0.2) is 59.5 Å². The van der Waals surface area contributed by atoms with Gasteiger partial charge < -0.3 is 14.8 Å². The number of thiophene rings is 1. The van der Waals surface area contributed by atoms with Gasteiger partial charge in [-0.3, -0.25) is 9.10 Å². The Kier molecular flexibility index (Phi) is 7.95. The maximum absolute atomic E-state index is 13.6. The summed E-state index contributed by atoms with van der Waals surface area (Å²) in [7, 11) is -4.08. The van der Waals surface area contributed by atoms with Crippen LogP contribution in [0.3, 0.4) is 0 Å². The zero-order valence-electron chi connectivity index (χ0n) is 20.2. The van der Waals surface area contributed by atoms with E-state index in [1.165, 1.54) is 23.5 Å².